The molecule has 182 valence electrons. The van der Waals surface area contributed by atoms with Gasteiger partial charge in [0.25, 0.3) is 0 Å². The van der Waals surface area contributed by atoms with Gasteiger partial charge in [-0.25, -0.2) is 13.8 Å². The molecule has 2 unspecified atom stereocenters. The molecule has 4 atom stereocenters. The van der Waals surface area contributed by atoms with E-state index in [0.29, 0.717) is 37.5 Å². The number of fused-ring (bicyclic) bond motifs is 2. The van der Waals surface area contributed by atoms with E-state index in [0.717, 1.165) is 0 Å². The molecule has 0 bridgehead atoms. The lowest BCUT2D eigenvalue weighted by atomic mass is 10.1. The first-order valence-electron chi connectivity index (χ1n) is 11.4. The molecule has 1 aromatic carbocycles. The number of hydrogen-bond acceptors (Lipinski definition) is 8. The largest absolute Gasteiger partial charge is 0.469 e. The molecule has 0 saturated carbocycles. The third-order valence-corrected chi connectivity index (χ3v) is 6.63. The topological polar surface area (TPSA) is 113 Å². The van der Waals surface area contributed by atoms with Crippen LogP contribution in [0.25, 0.3) is 22.3 Å². The van der Waals surface area contributed by atoms with Gasteiger partial charge in [-0.3, -0.25) is 0 Å². The van der Waals surface area contributed by atoms with Gasteiger partial charge in [0.1, 0.15) is 47.1 Å². The molecule has 3 saturated heterocycles. The Balaban J connectivity index is 1.32. The van der Waals surface area contributed by atoms with Crippen LogP contribution in [0.15, 0.2) is 24.3 Å². The van der Waals surface area contributed by atoms with Crippen LogP contribution < -0.4 is 9.64 Å². The number of ether oxygens (including phenoxy) is 4. The highest BCUT2D eigenvalue weighted by molar-refractivity contribution is 5.87. The van der Waals surface area contributed by atoms with Gasteiger partial charge in [-0.2, -0.15) is 5.26 Å². The van der Waals surface area contributed by atoms with Gasteiger partial charge in [-0.05, 0) is 24.3 Å². The van der Waals surface area contributed by atoms with E-state index in [4.69, 9.17) is 18.9 Å². The van der Waals surface area contributed by atoms with Crippen molar-refractivity contribution in [2.75, 3.05) is 44.4 Å². The SMILES string of the molecule is N#Cc1c(O[C@@H]2COC3C2OC[C@H]3O)[nH]c2ccc(-c3c(F)cc(N4CCOCC4)cc3F)nc12. The number of hydrogen-bond donors (Lipinski definition) is 2. The molecule has 9 nitrogen and oxygen atoms in total. The van der Waals surface area contributed by atoms with Crippen LogP contribution in [0.2, 0.25) is 0 Å². The highest BCUT2D eigenvalue weighted by Crippen LogP contribution is 2.35. The van der Waals surface area contributed by atoms with Crippen molar-refractivity contribution in [3.8, 4) is 23.2 Å². The fourth-order valence-electron chi connectivity index (χ4n) is 4.88. The number of aromatic amines is 1. The number of H-pyrrole nitrogens is 1. The summed E-state index contributed by atoms with van der Waals surface area (Å²) in [5.41, 5.74) is 1.06. The molecule has 2 aromatic heterocycles. The molecule has 35 heavy (non-hydrogen) atoms. The minimum Gasteiger partial charge on any atom is -0.469 e. The van der Waals surface area contributed by atoms with Gasteiger partial charge < -0.3 is 33.9 Å². The van der Waals surface area contributed by atoms with Crippen LogP contribution in [0, 0.1) is 23.0 Å². The van der Waals surface area contributed by atoms with Crippen molar-refractivity contribution in [1.29, 1.82) is 5.26 Å². The fourth-order valence-corrected chi connectivity index (χ4v) is 4.88. The monoisotopic (exact) mass is 484 g/mol. The smallest absolute Gasteiger partial charge is 0.212 e. The zero-order chi connectivity index (χ0) is 24.1. The molecule has 3 aromatic rings. The lowest BCUT2D eigenvalue weighted by molar-refractivity contribution is 0.00789. The number of pyridine rings is 1. The number of rotatable bonds is 4. The second-order valence-electron chi connectivity index (χ2n) is 8.74. The lowest BCUT2D eigenvalue weighted by Crippen LogP contribution is -2.36. The van der Waals surface area contributed by atoms with Gasteiger partial charge in [0.15, 0.2) is 6.10 Å². The first kappa shape index (κ1) is 22.2. The number of morpholine rings is 1. The first-order valence-corrected chi connectivity index (χ1v) is 11.4. The van der Waals surface area contributed by atoms with Crippen LogP contribution in [0.4, 0.5) is 14.5 Å². The van der Waals surface area contributed by atoms with Gasteiger partial charge >= 0.3 is 0 Å². The van der Waals surface area contributed by atoms with Crippen LogP contribution in [-0.2, 0) is 14.2 Å². The van der Waals surface area contributed by atoms with Gasteiger partial charge in [0, 0.05) is 18.8 Å². The van der Waals surface area contributed by atoms with Crippen LogP contribution in [0.3, 0.4) is 0 Å². The maximum Gasteiger partial charge on any atom is 0.212 e. The van der Waals surface area contributed by atoms with Crippen molar-refractivity contribution < 1.29 is 32.8 Å². The Morgan fingerprint density at radius 1 is 1.11 bits per heavy atom. The zero-order valence-electron chi connectivity index (χ0n) is 18.5. The summed E-state index contributed by atoms with van der Waals surface area (Å²) >= 11 is 0. The number of aromatic nitrogens is 2. The Kier molecular flexibility index (Phi) is 5.53. The predicted octanol–water partition coefficient (Wildman–Crippen LogP) is 2.12. The molecule has 0 radical (unpaired) electrons. The number of halogens is 2. The van der Waals surface area contributed by atoms with E-state index in [1.807, 2.05) is 4.90 Å². The highest BCUT2D eigenvalue weighted by Gasteiger charge is 2.48. The minimum absolute atomic E-state index is 0.0644. The second kappa shape index (κ2) is 8.73. The highest BCUT2D eigenvalue weighted by atomic mass is 19.1. The average Bonchev–Trinajstić information content (AvgIpc) is 3.54. The summed E-state index contributed by atoms with van der Waals surface area (Å²) in [4.78, 5) is 9.28. The summed E-state index contributed by atoms with van der Waals surface area (Å²) in [6.45, 7) is 2.45. The predicted molar refractivity (Wildman–Crippen MR) is 119 cm³/mol. The van der Waals surface area contributed by atoms with Crippen LogP contribution >= 0.6 is 0 Å². The average molecular weight is 484 g/mol. The number of nitriles is 1. The number of aliphatic hydroxyl groups excluding tert-OH is 1. The van der Waals surface area contributed by atoms with Crippen molar-refractivity contribution in [1.82, 2.24) is 9.97 Å². The van der Waals surface area contributed by atoms with E-state index >= 15 is 8.78 Å². The quantitative estimate of drug-likeness (QED) is 0.579. The third-order valence-electron chi connectivity index (χ3n) is 6.63. The lowest BCUT2D eigenvalue weighted by Gasteiger charge is -2.29. The molecular weight excluding hydrogens is 462 g/mol. The molecule has 3 aliphatic heterocycles. The van der Waals surface area contributed by atoms with E-state index < -0.39 is 36.1 Å². The van der Waals surface area contributed by atoms with Gasteiger partial charge in [-0.15, -0.1) is 0 Å². The van der Waals surface area contributed by atoms with E-state index in [1.54, 1.807) is 6.07 Å². The molecule has 5 heterocycles. The summed E-state index contributed by atoms with van der Waals surface area (Å²) < 4.78 is 52.6. The molecule has 0 aliphatic carbocycles. The van der Waals surface area contributed by atoms with Crippen LogP contribution in [0.1, 0.15) is 5.56 Å². The Bertz CT molecular complexity index is 1300. The van der Waals surface area contributed by atoms with Gasteiger partial charge in [0.2, 0.25) is 5.88 Å². The summed E-state index contributed by atoms with van der Waals surface area (Å²) in [7, 11) is 0. The summed E-state index contributed by atoms with van der Waals surface area (Å²) in [6.07, 6.45) is -2.19. The molecular formula is C24H22F2N4O5. The number of aliphatic hydroxyl groups is 1. The van der Waals surface area contributed by atoms with Crippen LogP contribution in [-0.4, -0.2) is 79.0 Å². The zero-order valence-corrected chi connectivity index (χ0v) is 18.5. The number of nitrogens with zero attached hydrogens (tertiary/aromatic N) is 3. The number of anilines is 1. The van der Waals surface area contributed by atoms with Gasteiger partial charge in [-0.1, -0.05) is 0 Å². The van der Waals surface area contributed by atoms with Crippen molar-refractivity contribution in [2.45, 2.75) is 24.4 Å². The minimum atomic E-state index is -0.741. The van der Waals surface area contributed by atoms with E-state index in [9.17, 15) is 10.4 Å². The van der Waals surface area contributed by atoms with E-state index in [2.05, 4.69) is 16.0 Å². The molecule has 6 rings (SSSR count). The molecule has 0 spiro atoms. The third kappa shape index (κ3) is 3.79. The molecule has 3 fully saturated rings. The number of benzene rings is 1. The fraction of sp³-hybridized carbons (Fsp3) is 0.417. The molecule has 2 N–H and O–H groups in total. The Morgan fingerprint density at radius 2 is 1.86 bits per heavy atom. The Hall–Kier alpha value is -3.30. The summed E-state index contributed by atoms with van der Waals surface area (Å²) in [5, 5.41) is 19.7. The van der Waals surface area contributed by atoms with Crippen molar-refractivity contribution in [2.24, 2.45) is 0 Å². The van der Waals surface area contributed by atoms with E-state index in [-0.39, 0.29) is 41.4 Å². The first-order chi connectivity index (χ1) is 17.0. The number of nitrogens with one attached hydrogen (secondary N) is 1. The molecule has 3 aliphatic rings. The van der Waals surface area contributed by atoms with Gasteiger partial charge in [0.05, 0.1) is 43.2 Å². The maximum absolute atomic E-state index is 15.1. The van der Waals surface area contributed by atoms with E-state index in [1.165, 1.54) is 18.2 Å². The maximum atomic E-state index is 15.1. The normalized spacial score (nSPS) is 26.2. The second-order valence-corrected chi connectivity index (χ2v) is 8.74. The molecule has 11 heteroatoms. The summed E-state index contributed by atoms with van der Waals surface area (Å²) in [5.74, 6) is -1.32. The Labute approximate surface area is 198 Å². The summed E-state index contributed by atoms with van der Waals surface area (Å²) in [6, 6.07) is 7.74. The van der Waals surface area contributed by atoms with Crippen LogP contribution in [0.5, 0.6) is 5.88 Å². The standard InChI is InChI=1S/C24H22F2N4O5/c25-14-7-12(30-3-5-32-6-4-30)8-15(26)20(14)16-1-2-17-21(28-16)13(9-27)24(29-17)35-19-11-34-22-18(31)10-33-23(19)22/h1-2,7-8,18-19,22-23,29,31H,3-6,10-11H2/t18-,19-,22?,23?/m1/s1. The van der Waals surface area contributed by atoms with Crippen molar-refractivity contribution in [3.05, 3.63) is 41.5 Å². The Morgan fingerprint density at radius 3 is 2.60 bits per heavy atom. The van der Waals surface area contributed by atoms with Crippen molar-refractivity contribution >= 4 is 16.7 Å². The molecule has 0 amide bonds. The van der Waals surface area contributed by atoms with Crippen molar-refractivity contribution in [3.63, 3.8) is 0 Å².